The molecule has 3 heterocycles. The lowest BCUT2D eigenvalue weighted by Crippen LogP contribution is -2.37. The van der Waals surface area contributed by atoms with Gasteiger partial charge >= 0.3 is 0 Å². The van der Waals surface area contributed by atoms with Crippen molar-refractivity contribution in [3.63, 3.8) is 0 Å². The molecule has 0 aromatic heterocycles. The molecule has 31 heavy (non-hydrogen) atoms. The molecule has 0 bridgehead atoms. The fourth-order valence-electron chi connectivity index (χ4n) is 3.72. The number of aliphatic imine (C=N–C) groups is 1. The SMILES string of the molecule is CC1(CO)Cc2cc(NC(=O)/C(C=N)=C3\N=CC(F)=CN3)c(N3CCOCC3)cc2O1. The van der Waals surface area contributed by atoms with Gasteiger partial charge in [-0.2, -0.15) is 0 Å². The highest BCUT2D eigenvalue weighted by molar-refractivity contribution is 6.18. The van der Waals surface area contributed by atoms with Crippen LogP contribution in [0.4, 0.5) is 15.8 Å². The lowest BCUT2D eigenvalue weighted by atomic mass is 9.99. The number of halogens is 1. The second-order valence-corrected chi connectivity index (χ2v) is 7.76. The zero-order valence-corrected chi connectivity index (χ0v) is 17.1. The third-order valence-electron chi connectivity index (χ3n) is 5.34. The minimum atomic E-state index is -0.716. The van der Waals surface area contributed by atoms with Crippen LogP contribution in [0.15, 0.2) is 40.5 Å². The average molecular weight is 429 g/mol. The van der Waals surface area contributed by atoms with E-state index in [1.807, 2.05) is 19.1 Å². The number of aliphatic hydroxyl groups excluding tert-OH is 1. The summed E-state index contributed by atoms with van der Waals surface area (Å²) >= 11 is 0. The lowest BCUT2D eigenvalue weighted by molar-refractivity contribution is -0.112. The van der Waals surface area contributed by atoms with Gasteiger partial charge in [0.2, 0.25) is 0 Å². The predicted octanol–water partition coefficient (Wildman–Crippen LogP) is 1.49. The number of morpholine rings is 1. The van der Waals surface area contributed by atoms with Gasteiger partial charge in [0.05, 0.1) is 43.0 Å². The van der Waals surface area contributed by atoms with Crippen LogP contribution in [0.2, 0.25) is 0 Å². The molecule has 0 aliphatic carbocycles. The first-order chi connectivity index (χ1) is 14.9. The highest BCUT2D eigenvalue weighted by Gasteiger charge is 2.35. The van der Waals surface area contributed by atoms with Crippen LogP contribution in [0, 0.1) is 5.41 Å². The summed E-state index contributed by atoms with van der Waals surface area (Å²) in [7, 11) is 0. The molecule has 4 rings (SSSR count). The molecule has 1 saturated heterocycles. The first-order valence-corrected chi connectivity index (χ1v) is 9.94. The summed E-state index contributed by atoms with van der Waals surface area (Å²) < 4.78 is 24.6. The highest BCUT2D eigenvalue weighted by atomic mass is 19.1. The van der Waals surface area contributed by atoms with E-state index in [2.05, 4.69) is 20.5 Å². The molecule has 1 amide bonds. The van der Waals surface area contributed by atoms with Crippen molar-refractivity contribution in [3.05, 3.63) is 41.1 Å². The van der Waals surface area contributed by atoms with Crippen molar-refractivity contribution < 1.29 is 23.8 Å². The maximum atomic E-state index is 13.2. The molecule has 1 fully saturated rings. The van der Waals surface area contributed by atoms with E-state index < -0.39 is 17.3 Å². The van der Waals surface area contributed by atoms with Crippen LogP contribution >= 0.6 is 0 Å². The molecule has 0 radical (unpaired) electrons. The Morgan fingerprint density at radius 2 is 2.23 bits per heavy atom. The maximum absolute atomic E-state index is 13.2. The molecule has 1 unspecified atom stereocenters. The Hall–Kier alpha value is -3.24. The van der Waals surface area contributed by atoms with Crippen molar-refractivity contribution in [1.82, 2.24) is 5.32 Å². The number of amides is 1. The van der Waals surface area contributed by atoms with Crippen molar-refractivity contribution >= 4 is 29.7 Å². The summed E-state index contributed by atoms with van der Waals surface area (Å²) in [6.45, 7) is 4.11. The minimum Gasteiger partial charge on any atom is -0.484 e. The van der Waals surface area contributed by atoms with Crippen LogP contribution in [-0.4, -0.2) is 62.0 Å². The number of ether oxygens (including phenoxy) is 2. The molecule has 4 N–H and O–H groups in total. The Balaban J connectivity index is 1.67. The van der Waals surface area contributed by atoms with Crippen LogP contribution in [0.5, 0.6) is 5.75 Å². The molecule has 1 aromatic rings. The number of nitrogens with one attached hydrogen (secondary N) is 3. The molecule has 9 nitrogen and oxygen atoms in total. The second-order valence-electron chi connectivity index (χ2n) is 7.76. The van der Waals surface area contributed by atoms with Gasteiger partial charge in [-0.3, -0.25) is 4.79 Å². The zero-order valence-electron chi connectivity index (χ0n) is 17.1. The van der Waals surface area contributed by atoms with Gasteiger partial charge in [0.25, 0.3) is 5.91 Å². The van der Waals surface area contributed by atoms with Crippen LogP contribution in [0.25, 0.3) is 0 Å². The fraction of sp³-hybridized carbons (Fsp3) is 0.381. The van der Waals surface area contributed by atoms with Crippen LogP contribution in [0.1, 0.15) is 12.5 Å². The Bertz CT molecular complexity index is 1000. The Morgan fingerprint density at radius 1 is 1.45 bits per heavy atom. The van der Waals surface area contributed by atoms with Crippen LogP contribution in [-0.2, 0) is 16.0 Å². The standard InChI is InChI=1S/C21H24FN5O4/c1-21(12-28)8-13-6-16(17(7-18(13)31-21)27-2-4-30-5-3-27)26-20(29)15(9-23)19-24-10-14(22)11-25-19/h6-7,9-11,23-24,28H,2-5,8,12H2,1H3,(H,26,29)/b19-15-,23-9?. The Morgan fingerprint density at radius 3 is 2.87 bits per heavy atom. The first-order valence-electron chi connectivity index (χ1n) is 9.94. The topological polar surface area (TPSA) is 119 Å². The van der Waals surface area contributed by atoms with Gasteiger partial charge in [0.15, 0.2) is 5.83 Å². The van der Waals surface area contributed by atoms with E-state index in [9.17, 15) is 14.3 Å². The van der Waals surface area contributed by atoms with Gasteiger partial charge in [-0.25, -0.2) is 9.38 Å². The Kier molecular flexibility index (Phi) is 5.75. The number of rotatable bonds is 5. The molecule has 3 aliphatic heterocycles. The molecule has 10 heteroatoms. The molecule has 1 atom stereocenters. The Labute approximate surface area is 178 Å². The van der Waals surface area contributed by atoms with Crippen molar-refractivity contribution in [2.24, 2.45) is 4.99 Å². The number of allylic oxidation sites excluding steroid dienone is 1. The maximum Gasteiger partial charge on any atom is 0.261 e. The van der Waals surface area contributed by atoms with Gasteiger partial charge in [-0.15, -0.1) is 0 Å². The van der Waals surface area contributed by atoms with Crippen LogP contribution < -0.4 is 20.3 Å². The molecule has 0 saturated carbocycles. The largest absolute Gasteiger partial charge is 0.484 e. The van der Waals surface area contributed by atoms with Gasteiger partial charge in [-0.05, 0) is 13.0 Å². The van der Waals surface area contributed by atoms with Crippen molar-refractivity contribution in [1.29, 1.82) is 5.41 Å². The third kappa shape index (κ3) is 4.30. The number of aliphatic hydroxyl groups is 1. The average Bonchev–Trinajstić information content (AvgIpc) is 3.11. The van der Waals surface area contributed by atoms with Gasteiger partial charge in [0, 0.05) is 43.6 Å². The third-order valence-corrected chi connectivity index (χ3v) is 5.34. The zero-order chi connectivity index (χ0) is 22.0. The molecular formula is C21H24FN5O4. The van der Waals surface area contributed by atoms with E-state index in [0.717, 1.165) is 29.9 Å². The predicted molar refractivity (Wildman–Crippen MR) is 115 cm³/mol. The monoisotopic (exact) mass is 429 g/mol. The number of nitrogens with zero attached hydrogens (tertiary/aromatic N) is 2. The van der Waals surface area contributed by atoms with E-state index in [1.54, 1.807) is 0 Å². The minimum absolute atomic E-state index is 0.0372. The summed E-state index contributed by atoms with van der Waals surface area (Å²) in [5.74, 6) is -0.377. The van der Waals surface area contributed by atoms with Crippen molar-refractivity contribution in [3.8, 4) is 5.75 Å². The van der Waals surface area contributed by atoms with E-state index >= 15 is 0 Å². The fourth-order valence-corrected chi connectivity index (χ4v) is 3.72. The molecular weight excluding hydrogens is 405 g/mol. The smallest absolute Gasteiger partial charge is 0.261 e. The summed E-state index contributed by atoms with van der Waals surface area (Å²) in [5, 5.41) is 22.8. The summed E-state index contributed by atoms with van der Waals surface area (Å²) in [6, 6.07) is 3.70. The van der Waals surface area contributed by atoms with Crippen LogP contribution in [0.3, 0.4) is 0 Å². The number of benzene rings is 1. The first kappa shape index (κ1) is 21.0. The lowest BCUT2D eigenvalue weighted by Gasteiger charge is -2.31. The number of hydrogen-bond donors (Lipinski definition) is 4. The van der Waals surface area contributed by atoms with Crippen molar-refractivity contribution in [2.75, 3.05) is 43.1 Å². The van der Waals surface area contributed by atoms with Gasteiger partial charge in [-0.1, -0.05) is 0 Å². The quantitative estimate of drug-likeness (QED) is 0.416. The number of anilines is 2. The van der Waals surface area contributed by atoms with Gasteiger partial charge < -0.3 is 35.5 Å². The number of fused-ring (bicyclic) bond motifs is 1. The van der Waals surface area contributed by atoms with Gasteiger partial charge in [0.1, 0.15) is 17.2 Å². The van der Waals surface area contributed by atoms with E-state index in [-0.39, 0.29) is 18.0 Å². The molecule has 1 aromatic carbocycles. The number of carbonyl (C=O) groups is 1. The van der Waals surface area contributed by atoms with E-state index in [0.29, 0.717) is 44.2 Å². The molecule has 0 spiro atoms. The number of carbonyl (C=O) groups excluding carboxylic acids is 1. The normalized spacial score (nSPS) is 24.0. The second kappa shape index (κ2) is 8.48. The summed E-state index contributed by atoms with van der Waals surface area (Å²) in [6.07, 6.45) is 3.42. The summed E-state index contributed by atoms with van der Waals surface area (Å²) in [4.78, 5) is 18.9. The summed E-state index contributed by atoms with van der Waals surface area (Å²) in [5.41, 5.74) is 1.43. The van der Waals surface area contributed by atoms with E-state index in [1.165, 1.54) is 0 Å². The van der Waals surface area contributed by atoms with E-state index in [4.69, 9.17) is 14.9 Å². The van der Waals surface area contributed by atoms with Crippen molar-refractivity contribution in [2.45, 2.75) is 18.9 Å². The number of hydrogen-bond acceptors (Lipinski definition) is 8. The highest BCUT2D eigenvalue weighted by Crippen LogP contribution is 2.42. The molecule has 3 aliphatic rings. The molecule has 164 valence electrons.